The summed E-state index contributed by atoms with van der Waals surface area (Å²) in [7, 11) is 0. The quantitative estimate of drug-likeness (QED) is 0.344. The average molecular weight is 527 g/mol. The molecule has 1 saturated heterocycles. The number of nitrogens with zero attached hydrogens (tertiary/aromatic N) is 2. The van der Waals surface area contributed by atoms with E-state index in [9.17, 15) is 13.9 Å². The smallest absolute Gasteiger partial charge is 0.263 e. The number of fused-ring (bicyclic) bond motifs is 6. The highest BCUT2D eigenvalue weighted by molar-refractivity contribution is 5.88. The van der Waals surface area contributed by atoms with Crippen molar-refractivity contribution >= 4 is 10.8 Å². The Kier molecular flexibility index (Phi) is 6.14. The van der Waals surface area contributed by atoms with Crippen LogP contribution in [0, 0.1) is 0 Å². The zero-order valence-electron chi connectivity index (χ0n) is 21.7. The number of β-amino-alcohol motifs (C(OH)–C–C–N with tert-alkyl or cyclic N) is 1. The Morgan fingerprint density at radius 3 is 1.97 bits per heavy atom. The number of aliphatic hydroxyl groups is 1. The van der Waals surface area contributed by atoms with Crippen molar-refractivity contribution in [3.8, 4) is 5.75 Å². The molecule has 39 heavy (non-hydrogen) atoms. The minimum atomic E-state index is -2.69. The molecule has 4 aromatic carbocycles. The third kappa shape index (κ3) is 4.31. The first-order valence-electron chi connectivity index (χ1n) is 13.8. The number of aliphatic hydroxyl groups excluding tert-OH is 1. The summed E-state index contributed by atoms with van der Waals surface area (Å²) >= 11 is 0. The fourth-order valence-corrected chi connectivity index (χ4v) is 6.81. The largest absolute Gasteiger partial charge is 0.490 e. The lowest BCUT2D eigenvalue weighted by Crippen LogP contribution is -2.50. The second-order valence-electron chi connectivity index (χ2n) is 11.1. The standard InChI is InChI=1S/C33H32F2N2O2/c34-33(35)30-25-11-3-5-13-27(25)32(28-14-6-4-12-26(28)31(30)33)37-18-16-36(17-19-37)20-23(38)21-39-29-15-7-9-22-8-1-2-10-24(22)29/h1-15,23,30-32,38H,16-21H2/t23-,30-,31+,32?/m1/s1. The number of alkyl halides is 2. The summed E-state index contributed by atoms with van der Waals surface area (Å²) in [5, 5.41) is 12.9. The van der Waals surface area contributed by atoms with Crippen LogP contribution in [0.3, 0.4) is 0 Å². The van der Waals surface area contributed by atoms with Crippen molar-refractivity contribution in [2.24, 2.45) is 0 Å². The van der Waals surface area contributed by atoms with Gasteiger partial charge in [-0.3, -0.25) is 9.80 Å². The molecule has 0 aromatic heterocycles. The van der Waals surface area contributed by atoms with Crippen molar-refractivity contribution in [3.63, 3.8) is 0 Å². The summed E-state index contributed by atoms with van der Waals surface area (Å²) in [6.07, 6.45) is -0.607. The molecule has 7 rings (SSSR count). The normalized spacial score (nSPS) is 24.7. The molecule has 1 heterocycles. The van der Waals surface area contributed by atoms with E-state index < -0.39 is 23.9 Å². The van der Waals surface area contributed by atoms with Gasteiger partial charge in [-0.25, -0.2) is 8.78 Å². The van der Waals surface area contributed by atoms with Gasteiger partial charge in [0.2, 0.25) is 0 Å². The molecule has 3 aliphatic rings. The van der Waals surface area contributed by atoms with Crippen molar-refractivity contribution in [1.29, 1.82) is 0 Å². The summed E-state index contributed by atoms with van der Waals surface area (Å²) in [6.45, 7) is 3.97. The number of rotatable bonds is 6. The molecule has 1 N–H and O–H groups in total. The van der Waals surface area contributed by atoms with Gasteiger partial charge in [0.1, 0.15) is 18.5 Å². The van der Waals surface area contributed by atoms with Gasteiger partial charge in [-0.05, 0) is 33.7 Å². The predicted octanol–water partition coefficient (Wildman–Crippen LogP) is 5.82. The Morgan fingerprint density at radius 2 is 1.31 bits per heavy atom. The molecule has 1 unspecified atom stereocenters. The fraction of sp³-hybridized carbons (Fsp3) is 0.333. The number of benzene rings is 4. The fourth-order valence-electron chi connectivity index (χ4n) is 6.81. The van der Waals surface area contributed by atoms with E-state index in [0.29, 0.717) is 6.54 Å². The number of piperazine rings is 1. The van der Waals surface area contributed by atoms with Crippen LogP contribution in [0.15, 0.2) is 91.0 Å². The molecule has 200 valence electrons. The third-order valence-corrected chi connectivity index (χ3v) is 8.73. The highest BCUT2D eigenvalue weighted by Gasteiger charge is 2.71. The number of halogens is 2. The molecule has 0 bridgehead atoms. The van der Waals surface area contributed by atoms with Crippen molar-refractivity contribution < 1.29 is 18.6 Å². The molecular formula is C33H32F2N2O2. The SMILES string of the molecule is O[C@@H](COc1cccc2ccccc12)CN1CCN(C2c3ccccc3[C@@H]3[C@H](c4ccccc42)C3(F)F)CC1. The van der Waals surface area contributed by atoms with E-state index in [-0.39, 0.29) is 12.6 Å². The Bertz CT molecular complexity index is 1440. The van der Waals surface area contributed by atoms with Crippen molar-refractivity contribution in [2.75, 3.05) is 39.3 Å². The van der Waals surface area contributed by atoms with Gasteiger partial charge in [0.05, 0.1) is 17.9 Å². The summed E-state index contributed by atoms with van der Waals surface area (Å²) in [4.78, 5) is 4.70. The van der Waals surface area contributed by atoms with Gasteiger partial charge >= 0.3 is 0 Å². The van der Waals surface area contributed by atoms with Crippen LogP contribution < -0.4 is 4.74 Å². The first kappa shape index (κ1) is 24.7. The molecule has 1 saturated carbocycles. The van der Waals surface area contributed by atoms with Gasteiger partial charge in [-0.15, -0.1) is 0 Å². The Hall–Kier alpha value is -3.32. The van der Waals surface area contributed by atoms with Crippen molar-refractivity contribution in [2.45, 2.75) is 29.9 Å². The maximum Gasteiger partial charge on any atom is 0.263 e. The van der Waals surface area contributed by atoms with Gasteiger partial charge in [0, 0.05) is 38.1 Å². The molecule has 4 aromatic rings. The Morgan fingerprint density at radius 1 is 0.744 bits per heavy atom. The maximum absolute atomic E-state index is 15.0. The number of hydrogen-bond donors (Lipinski definition) is 1. The molecule has 2 fully saturated rings. The van der Waals surface area contributed by atoms with E-state index in [1.165, 1.54) is 0 Å². The topological polar surface area (TPSA) is 35.9 Å². The second-order valence-corrected chi connectivity index (χ2v) is 11.1. The Labute approximate surface area is 227 Å². The minimum absolute atomic E-state index is 0.0391. The van der Waals surface area contributed by atoms with Gasteiger partial charge in [-0.2, -0.15) is 0 Å². The Balaban J connectivity index is 1.04. The van der Waals surface area contributed by atoms with Crippen molar-refractivity contribution in [3.05, 3.63) is 113 Å². The number of ether oxygens (including phenoxy) is 1. The van der Waals surface area contributed by atoms with E-state index in [0.717, 1.165) is 65.0 Å². The lowest BCUT2D eigenvalue weighted by atomic mass is 9.90. The third-order valence-electron chi connectivity index (χ3n) is 8.73. The molecule has 4 atom stereocenters. The molecular weight excluding hydrogens is 494 g/mol. The van der Waals surface area contributed by atoms with Crippen LogP contribution in [0.25, 0.3) is 10.8 Å². The first-order valence-corrected chi connectivity index (χ1v) is 13.8. The molecule has 0 amide bonds. The maximum atomic E-state index is 15.0. The van der Waals surface area contributed by atoms with Gasteiger partial charge in [0.15, 0.2) is 0 Å². The summed E-state index contributed by atoms with van der Waals surface area (Å²) in [5.41, 5.74) is 3.59. The molecule has 4 nitrogen and oxygen atoms in total. The molecule has 2 aliphatic carbocycles. The van der Waals surface area contributed by atoms with E-state index in [4.69, 9.17) is 4.74 Å². The predicted molar refractivity (Wildman–Crippen MR) is 149 cm³/mol. The molecule has 0 spiro atoms. The van der Waals surface area contributed by atoms with Gasteiger partial charge < -0.3 is 9.84 Å². The lowest BCUT2D eigenvalue weighted by molar-refractivity contribution is 0.0400. The zero-order valence-corrected chi connectivity index (χ0v) is 21.7. The van der Waals surface area contributed by atoms with E-state index in [1.54, 1.807) is 0 Å². The van der Waals surface area contributed by atoms with Crippen LogP contribution in [0.1, 0.15) is 40.1 Å². The molecule has 6 heteroatoms. The molecule has 0 radical (unpaired) electrons. The second kappa shape index (κ2) is 9.70. The van der Waals surface area contributed by atoms with Gasteiger partial charge in [-0.1, -0.05) is 84.9 Å². The lowest BCUT2D eigenvalue weighted by Gasteiger charge is -2.41. The van der Waals surface area contributed by atoms with Gasteiger partial charge in [0.25, 0.3) is 5.92 Å². The number of hydrogen-bond acceptors (Lipinski definition) is 4. The zero-order chi connectivity index (χ0) is 26.6. The van der Waals surface area contributed by atoms with E-state index in [2.05, 4.69) is 21.9 Å². The van der Waals surface area contributed by atoms with Crippen LogP contribution in [0.5, 0.6) is 5.75 Å². The highest BCUT2D eigenvalue weighted by atomic mass is 19.3. The van der Waals surface area contributed by atoms with E-state index in [1.807, 2.05) is 78.9 Å². The van der Waals surface area contributed by atoms with E-state index >= 15 is 0 Å². The summed E-state index contributed by atoms with van der Waals surface area (Å²) in [6, 6.07) is 29.6. The van der Waals surface area contributed by atoms with Crippen LogP contribution in [-0.4, -0.2) is 66.3 Å². The van der Waals surface area contributed by atoms with Crippen LogP contribution >= 0.6 is 0 Å². The summed E-state index contributed by atoms with van der Waals surface area (Å²) < 4.78 is 36.0. The molecule has 1 aliphatic heterocycles. The summed E-state index contributed by atoms with van der Waals surface area (Å²) in [5.74, 6) is -3.39. The first-order chi connectivity index (χ1) is 19.0. The highest BCUT2D eigenvalue weighted by Crippen LogP contribution is 2.70. The van der Waals surface area contributed by atoms with Crippen LogP contribution in [-0.2, 0) is 0 Å². The van der Waals surface area contributed by atoms with Crippen molar-refractivity contribution in [1.82, 2.24) is 9.80 Å². The van der Waals surface area contributed by atoms with Crippen LogP contribution in [0.2, 0.25) is 0 Å². The average Bonchev–Trinajstić information content (AvgIpc) is 3.58. The van der Waals surface area contributed by atoms with Crippen LogP contribution in [0.4, 0.5) is 8.78 Å². The monoisotopic (exact) mass is 526 g/mol. The minimum Gasteiger partial charge on any atom is -0.490 e.